The molecule has 1 atom stereocenters. The SMILES string of the molecule is CC(C)(C)OC(=O)CN1CCN(Cc2cccc(=O)n2OCc2ccccc2)CCN([C@@H](CCC(=O)Oc2c(Cl)cccc2Cl)C(=O)OC(C)(C)C)CCN(Cc2cccc(=O)n2OCc2ccccc2)CC1. The van der Waals surface area contributed by atoms with Gasteiger partial charge >= 0.3 is 17.9 Å². The van der Waals surface area contributed by atoms with Gasteiger partial charge in [-0.1, -0.05) is 102 Å². The number of hydrogen-bond acceptors (Lipinski definition) is 14. The zero-order valence-electron chi connectivity index (χ0n) is 42.7. The first-order valence-electron chi connectivity index (χ1n) is 24.6. The quantitative estimate of drug-likeness (QED) is 0.0658. The summed E-state index contributed by atoms with van der Waals surface area (Å²) in [5, 5.41) is 0.335. The Morgan fingerprint density at radius 3 is 1.44 bits per heavy atom. The highest BCUT2D eigenvalue weighted by Crippen LogP contribution is 2.33. The number of rotatable bonds is 18. The Kier molecular flexibility index (Phi) is 20.7. The summed E-state index contributed by atoms with van der Waals surface area (Å²) >= 11 is 12.7. The molecule has 18 heteroatoms. The van der Waals surface area contributed by atoms with Crippen LogP contribution >= 0.6 is 23.2 Å². The molecule has 3 heterocycles. The molecule has 2 aromatic heterocycles. The van der Waals surface area contributed by atoms with Gasteiger partial charge in [0, 0.05) is 84.0 Å². The molecular formula is C55H68Cl2N6O10. The molecule has 392 valence electrons. The van der Waals surface area contributed by atoms with Gasteiger partial charge in [-0.25, -0.2) is 0 Å². The highest BCUT2D eigenvalue weighted by molar-refractivity contribution is 6.37. The molecule has 1 aliphatic rings. The zero-order chi connectivity index (χ0) is 52.5. The lowest BCUT2D eigenvalue weighted by Gasteiger charge is -2.37. The molecule has 6 rings (SSSR count). The van der Waals surface area contributed by atoms with E-state index in [1.165, 1.54) is 21.6 Å². The molecule has 73 heavy (non-hydrogen) atoms. The molecule has 0 aliphatic carbocycles. The lowest BCUT2D eigenvalue weighted by Crippen LogP contribution is -2.52. The van der Waals surface area contributed by atoms with Crippen molar-refractivity contribution in [2.75, 3.05) is 58.9 Å². The number of carbonyl (C=O) groups excluding carboxylic acids is 3. The summed E-state index contributed by atoms with van der Waals surface area (Å²) in [6.07, 6.45) is -0.157. The number of hydrogen-bond donors (Lipinski definition) is 0. The number of esters is 3. The van der Waals surface area contributed by atoms with Gasteiger partial charge in [-0.15, -0.1) is 9.46 Å². The number of aromatic nitrogens is 2. The van der Waals surface area contributed by atoms with E-state index in [4.69, 9.17) is 47.1 Å². The third kappa shape index (κ3) is 18.5. The minimum atomic E-state index is -0.933. The molecule has 1 aliphatic heterocycles. The van der Waals surface area contributed by atoms with Crippen LogP contribution in [0.3, 0.4) is 0 Å². The van der Waals surface area contributed by atoms with Crippen LogP contribution < -0.4 is 25.5 Å². The first-order valence-corrected chi connectivity index (χ1v) is 25.3. The number of ether oxygens (including phenoxy) is 3. The molecule has 0 saturated carbocycles. The fraction of sp³-hybridized carbons (Fsp3) is 0.436. The summed E-state index contributed by atoms with van der Waals surface area (Å²) in [6, 6.07) is 32.9. The molecule has 5 aromatic rings. The summed E-state index contributed by atoms with van der Waals surface area (Å²) < 4.78 is 20.2. The second-order valence-electron chi connectivity index (χ2n) is 19.9. The molecule has 0 amide bonds. The van der Waals surface area contributed by atoms with E-state index in [-0.39, 0.29) is 78.6 Å². The van der Waals surface area contributed by atoms with Gasteiger partial charge in [-0.05, 0) is 83.4 Å². The van der Waals surface area contributed by atoms with Crippen LogP contribution in [0.1, 0.15) is 76.9 Å². The topological polar surface area (TPSA) is 154 Å². The van der Waals surface area contributed by atoms with E-state index in [1.54, 1.807) is 51.1 Å². The van der Waals surface area contributed by atoms with Gasteiger partial charge in [-0.3, -0.25) is 43.6 Å². The van der Waals surface area contributed by atoms with Crippen molar-refractivity contribution in [1.29, 1.82) is 0 Å². The maximum absolute atomic E-state index is 14.5. The van der Waals surface area contributed by atoms with Gasteiger partial charge in [0.05, 0.1) is 28.0 Å². The normalized spacial score (nSPS) is 15.3. The number of nitrogens with zero attached hydrogens (tertiary/aromatic N) is 6. The van der Waals surface area contributed by atoms with Crippen molar-refractivity contribution >= 4 is 41.1 Å². The predicted octanol–water partition coefficient (Wildman–Crippen LogP) is 6.93. The van der Waals surface area contributed by atoms with Crippen LogP contribution in [0.2, 0.25) is 10.0 Å². The van der Waals surface area contributed by atoms with E-state index in [9.17, 15) is 24.0 Å². The van der Waals surface area contributed by atoms with Crippen LogP contribution in [0, 0.1) is 0 Å². The maximum Gasteiger partial charge on any atom is 0.323 e. The van der Waals surface area contributed by atoms with Crippen LogP contribution in [0.15, 0.2) is 125 Å². The Hall–Kier alpha value is -6.01. The van der Waals surface area contributed by atoms with Crippen LogP contribution in [0.4, 0.5) is 0 Å². The molecule has 0 unspecified atom stereocenters. The molecule has 0 bridgehead atoms. The minimum Gasteiger partial charge on any atom is -0.459 e. The summed E-state index contributed by atoms with van der Waals surface area (Å²) in [6.45, 7) is 14.7. The van der Waals surface area contributed by atoms with E-state index in [0.717, 1.165) is 11.1 Å². The second-order valence-corrected chi connectivity index (χ2v) is 20.7. The number of para-hydroxylation sites is 1. The van der Waals surface area contributed by atoms with E-state index in [1.807, 2.05) is 103 Å². The Bertz CT molecular complexity index is 2570. The smallest absolute Gasteiger partial charge is 0.323 e. The van der Waals surface area contributed by atoms with Gasteiger partial charge in [0.15, 0.2) is 5.75 Å². The van der Waals surface area contributed by atoms with Gasteiger partial charge < -0.3 is 23.9 Å². The monoisotopic (exact) mass is 1040 g/mol. The van der Waals surface area contributed by atoms with Gasteiger partial charge in [0.1, 0.15) is 30.5 Å². The summed E-state index contributed by atoms with van der Waals surface area (Å²) in [4.78, 5) is 89.1. The van der Waals surface area contributed by atoms with Crippen molar-refractivity contribution < 1.29 is 38.3 Å². The zero-order valence-corrected chi connectivity index (χ0v) is 44.2. The summed E-state index contributed by atoms with van der Waals surface area (Å²) in [7, 11) is 0. The second kappa shape index (κ2) is 26.8. The minimum absolute atomic E-state index is 0.00770. The van der Waals surface area contributed by atoms with Crippen LogP contribution in [0.5, 0.6) is 5.75 Å². The predicted molar refractivity (Wildman–Crippen MR) is 280 cm³/mol. The molecule has 0 N–H and O–H groups in total. The molecular weight excluding hydrogens is 976 g/mol. The molecule has 1 fully saturated rings. The highest BCUT2D eigenvalue weighted by atomic mass is 35.5. The lowest BCUT2D eigenvalue weighted by molar-refractivity contribution is -0.162. The number of halogens is 2. The van der Waals surface area contributed by atoms with Crippen LogP contribution in [-0.2, 0) is 50.2 Å². The van der Waals surface area contributed by atoms with E-state index in [2.05, 4.69) is 9.80 Å². The van der Waals surface area contributed by atoms with Gasteiger partial charge in [0.25, 0.3) is 11.1 Å². The largest absolute Gasteiger partial charge is 0.459 e. The van der Waals surface area contributed by atoms with E-state index < -0.39 is 29.2 Å². The average Bonchev–Trinajstić information content (AvgIpc) is 3.32. The standard InChI is InChI=1S/C55H68Cl2N6O10/c1-54(2,3)72-51(67)38-60-30-28-58(36-43-20-13-24-48(64)62(43)69-39-41-16-9-7-10-17-41)32-34-61(47(53(68)73-55(4,5)6)26-27-50(66)71-52-45(56)22-15-23-46(52)57)35-33-59(29-31-60)37-44-21-14-25-49(65)63(44)70-40-42-18-11-8-12-19-42/h7-25,47H,26-40H2,1-6H3/t47-/m0/s1. The molecule has 3 aromatic carbocycles. The molecule has 16 nitrogen and oxygen atoms in total. The summed E-state index contributed by atoms with van der Waals surface area (Å²) in [5.74, 6) is -1.51. The first kappa shape index (κ1) is 56.3. The first-order chi connectivity index (χ1) is 34.8. The van der Waals surface area contributed by atoms with E-state index in [0.29, 0.717) is 63.7 Å². The fourth-order valence-electron chi connectivity index (χ4n) is 8.16. The number of pyridine rings is 2. The Balaban J connectivity index is 1.35. The van der Waals surface area contributed by atoms with Crippen molar-refractivity contribution in [3.63, 3.8) is 0 Å². The fourth-order valence-corrected chi connectivity index (χ4v) is 8.64. The van der Waals surface area contributed by atoms with Crippen LogP contribution in [0.25, 0.3) is 0 Å². The van der Waals surface area contributed by atoms with Crippen molar-refractivity contribution in [2.24, 2.45) is 0 Å². The van der Waals surface area contributed by atoms with Crippen molar-refractivity contribution in [2.45, 2.75) is 97.9 Å². The summed E-state index contributed by atoms with van der Waals surface area (Å²) in [5.41, 5.74) is 0.735. The molecule has 0 spiro atoms. The van der Waals surface area contributed by atoms with Crippen molar-refractivity contribution in [3.8, 4) is 5.75 Å². The van der Waals surface area contributed by atoms with Gasteiger partial charge in [0.2, 0.25) is 0 Å². The third-order valence-corrected chi connectivity index (χ3v) is 12.3. The highest BCUT2D eigenvalue weighted by Gasteiger charge is 2.33. The number of carbonyl (C=O) groups is 3. The molecule has 0 radical (unpaired) electrons. The average molecular weight is 1040 g/mol. The Morgan fingerprint density at radius 2 is 0.973 bits per heavy atom. The number of benzene rings is 3. The third-order valence-electron chi connectivity index (χ3n) is 11.7. The van der Waals surface area contributed by atoms with E-state index >= 15 is 0 Å². The lowest BCUT2D eigenvalue weighted by atomic mass is 10.1. The van der Waals surface area contributed by atoms with Gasteiger partial charge in [-0.2, -0.15) is 0 Å². The Labute approximate surface area is 437 Å². The van der Waals surface area contributed by atoms with Crippen molar-refractivity contribution in [3.05, 3.63) is 169 Å². The van der Waals surface area contributed by atoms with Crippen molar-refractivity contribution in [1.82, 2.24) is 29.1 Å². The Morgan fingerprint density at radius 1 is 0.534 bits per heavy atom. The van der Waals surface area contributed by atoms with Crippen LogP contribution in [-0.4, -0.2) is 123 Å². The molecule has 1 saturated heterocycles. The maximum atomic E-state index is 14.5.